The third-order valence-corrected chi connectivity index (χ3v) is 3.47. The average Bonchev–Trinajstić information content (AvgIpc) is 2.38. The maximum Gasteiger partial charge on any atom is 0.303 e. The zero-order valence-electron chi connectivity index (χ0n) is 11.7. The van der Waals surface area contributed by atoms with Crippen molar-refractivity contribution in [3.05, 3.63) is 28.8 Å². The lowest BCUT2D eigenvalue weighted by Gasteiger charge is -2.24. The predicted molar refractivity (Wildman–Crippen MR) is 79.9 cm³/mol. The van der Waals surface area contributed by atoms with Crippen LogP contribution in [0.15, 0.2) is 18.2 Å². The molecule has 0 spiro atoms. The first-order chi connectivity index (χ1) is 9.34. The van der Waals surface area contributed by atoms with E-state index in [9.17, 15) is 4.79 Å². The lowest BCUT2D eigenvalue weighted by atomic mass is 9.84. The quantitative estimate of drug-likeness (QED) is 0.800. The number of nitriles is 1. The predicted octanol–water partition coefficient (Wildman–Crippen LogP) is 3.90. The van der Waals surface area contributed by atoms with E-state index in [0.29, 0.717) is 23.6 Å². The van der Waals surface area contributed by atoms with Crippen LogP contribution in [0.3, 0.4) is 0 Å². The zero-order chi connectivity index (χ0) is 15.2. The molecule has 2 N–H and O–H groups in total. The van der Waals surface area contributed by atoms with Crippen LogP contribution in [0.2, 0.25) is 5.02 Å². The summed E-state index contributed by atoms with van der Waals surface area (Å²) in [6, 6.07) is 7.24. The highest BCUT2D eigenvalue weighted by Gasteiger charge is 2.18. The van der Waals surface area contributed by atoms with Gasteiger partial charge in [-0.25, -0.2) is 0 Å². The van der Waals surface area contributed by atoms with Gasteiger partial charge in [0.05, 0.1) is 11.3 Å². The fourth-order valence-electron chi connectivity index (χ4n) is 1.87. The van der Waals surface area contributed by atoms with Gasteiger partial charge in [-0.2, -0.15) is 5.26 Å². The van der Waals surface area contributed by atoms with Gasteiger partial charge in [0.2, 0.25) is 0 Å². The van der Waals surface area contributed by atoms with Gasteiger partial charge in [-0.15, -0.1) is 0 Å². The number of carboxylic acids is 1. The van der Waals surface area contributed by atoms with Crippen molar-refractivity contribution in [2.75, 3.05) is 11.9 Å². The van der Waals surface area contributed by atoms with Gasteiger partial charge in [-0.05, 0) is 36.5 Å². The normalized spacial score (nSPS) is 10.9. The van der Waals surface area contributed by atoms with E-state index in [1.165, 1.54) is 0 Å². The minimum atomic E-state index is -0.768. The Bertz CT molecular complexity index is 521. The Morgan fingerprint density at radius 2 is 2.15 bits per heavy atom. The minimum Gasteiger partial charge on any atom is -0.481 e. The molecule has 0 unspecified atom stereocenters. The fraction of sp³-hybridized carbons (Fsp3) is 0.467. The molecule has 0 atom stereocenters. The van der Waals surface area contributed by atoms with Crippen molar-refractivity contribution in [1.29, 1.82) is 5.26 Å². The summed E-state index contributed by atoms with van der Waals surface area (Å²) in [5.41, 5.74) is 1.22. The molecule has 0 aliphatic rings. The number of anilines is 1. The highest BCUT2D eigenvalue weighted by Crippen LogP contribution is 2.27. The molecule has 0 radical (unpaired) electrons. The maximum atomic E-state index is 10.6. The Labute approximate surface area is 124 Å². The van der Waals surface area contributed by atoms with Crippen molar-refractivity contribution in [2.24, 2.45) is 5.41 Å². The standard InChI is InChI=1S/C15H19ClN2O2/c1-15(2,6-5-14(19)20)7-8-18-13-4-3-12(16)9-11(13)10-17/h3-4,9,18H,5-8H2,1-2H3,(H,19,20). The van der Waals surface area contributed by atoms with E-state index in [1.54, 1.807) is 18.2 Å². The van der Waals surface area contributed by atoms with Crippen molar-refractivity contribution in [3.8, 4) is 6.07 Å². The number of nitrogens with zero attached hydrogens (tertiary/aromatic N) is 1. The smallest absolute Gasteiger partial charge is 0.303 e. The van der Waals surface area contributed by atoms with Crippen LogP contribution in [-0.4, -0.2) is 17.6 Å². The molecule has 0 heterocycles. The number of rotatable bonds is 7. The van der Waals surface area contributed by atoms with Gasteiger partial charge in [-0.3, -0.25) is 4.79 Å². The lowest BCUT2D eigenvalue weighted by Crippen LogP contribution is -2.18. The summed E-state index contributed by atoms with van der Waals surface area (Å²) in [5.74, 6) is -0.768. The summed E-state index contributed by atoms with van der Waals surface area (Å²) in [5, 5.41) is 21.5. The summed E-state index contributed by atoms with van der Waals surface area (Å²) in [4.78, 5) is 10.6. The first-order valence-corrected chi connectivity index (χ1v) is 6.87. The molecule has 0 aromatic heterocycles. The van der Waals surface area contributed by atoms with Crippen molar-refractivity contribution in [3.63, 3.8) is 0 Å². The molecule has 1 rings (SSSR count). The molecular formula is C15H19ClN2O2. The van der Waals surface area contributed by atoms with Crippen LogP contribution in [0, 0.1) is 16.7 Å². The Morgan fingerprint density at radius 3 is 2.75 bits per heavy atom. The Morgan fingerprint density at radius 1 is 1.45 bits per heavy atom. The van der Waals surface area contributed by atoms with Crippen LogP contribution in [0.25, 0.3) is 0 Å². The van der Waals surface area contributed by atoms with Gasteiger partial charge >= 0.3 is 5.97 Å². The lowest BCUT2D eigenvalue weighted by molar-refractivity contribution is -0.137. The molecule has 1 aromatic carbocycles. The van der Waals surface area contributed by atoms with E-state index < -0.39 is 5.97 Å². The molecule has 0 amide bonds. The molecule has 1 aromatic rings. The van der Waals surface area contributed by atoms with Crippen molar-refractivity contribution >= 4 is 23.3 Å². The minimum absolute atomic E-state index is 0.0510. The summed E-state index contributed by atoms with van der Waals surface area (Å²) in [6.45, 7) is 4.78. The maximum absolute atomic E-state index is 10.6. The van der Waals surface area contributed by atoms with E-state index in [4.69, 9.17) is 22.0 Å². The van der Waals surface area contributed by atoms with Crippen LogP contribution < -0.4 is 5.32 Å². The molecule has 0 saturated heterocycles. The molecule has 4 nitrogen and oxygen atoms in total. The molecule has 5 heteroatoms. The third-order valence-electron chi connectivity index (χ3n) is 3.23. The van der Waals surface area contributed by atoms with Crippen LogP contribution >= 0.6 is 11.6 Å². The second kappa shape index (κ2) is 7.16. The van der Waals surface area contributed by atoms with E-state index in [2.05, 4.69) is 11.4 Å². The Balaban J connectivity index is 2.52. The molecule has 108 valence electrons. The number of halogens is 1. The number of aliphatic carboxylic acids is 1. The summed E-state index contributed by atoms with van der Waals surface area (Å²) in [7, 11) is 0. The number of benzene rings is 1. The fourth-order valence-corrected chi connectivity index (χ4v) is 2.04. The van der Waals surface area contributed by atoms with Gasteiger partial charge in [0.25, 0.3) is 0 Å². The van der Waals surface area contributed by atoms with Crippen LogP contribution in [0.4, 0.5) is 5.69 Å². The number of nitrogens with one attached hydrogen (secondary N) is 1. The molecule has 0 aliphatic heterocycles. The van der Waals surface area contributed by atoms with Crippen LogP contribution in [-0.2, 0) is 4.79 Å². The number of hydrogen-bond donors (Lipinski definition) is 2. The molecule has 0 aliphatic carbocycles. The topological polar surface area (TPSA) is 73.1 Å². The van der Waals surface area contributed by atoms with Gasteiger partial charge in [0, 0.05) is 18.0 Å². The first kappa shape index (κ1) is 16.3. The van der Waals surface area contributed by atoms with Gasteiger partial charge in [-0.1, -0.05) is 25.4 Å². The number of carbonyl (C=O) groups is 1. The number of hydrogen-bond acceptors (Lipinski definition) is 3. The first-order valence-electron chi connectivity index (χ1n) is 6.49. The summed E-state index contributed by atoms with van der Waals surface area (Å²) >= 11 is 5.84. The van der Waals surface area contributed by atoms with Crippen LogP contribution in [0.1, 0.15) is 38.7 Å². The van der Waals surface area contributed by atoms with Crippen molar-refractivity contribution < 1.29 is 9.90 Å². The van der Waals surface area contributed by atoms with E-state index in [-0.39, 0.29) is 11.8 Å². The monoisotopic (exact) mass is 294 g/mol. The SMILES string of the molecule is CC(C)(CCNc1ccc(Cl)cc1C#N)CCC(=O)O. The summed E-state index contributed by atoms with van der Waals surface area (Å²) in [6.07, 6.45) is 1.64. The van der Waals surface area contributed by atoms with E-state index >= 15 is 0 Å². The van der Waals surface area contributed by atoms with Gasteiger partial charge in [0.15, 0.2) is 0 Å². The van der Waals surface area contributed by atoms with Crippen LogP contribution in [0.5, 0.6) is 0 Å². The highest BCUT2D eigenvalue weighted by molar-refractivity contribution is 6.30. The molecule has 20 heavy (non-hydrogen) atoms. The second-order valence-corrected chi connectivity index (χ2v) is 5.97. The van der Waals surface area contributed by atoms with Gasteiger partial charge < -0.3 is 10.4 Å². The Kier molecular flexibility index (Phi) is 5.84. The molecule has 0 fully saturated rings. The molecule has 0 bridgehead atoms. The van der Waals surface area contributed by atoms with Gasteiger partial charge in [0.1, 0.15) is 6.07 Å². The van der Waals surface area contributed by atoms with E-state index in [0.717, 1.165) is 12.1 Å². The zero-order valence-corrected chi connectivity index (χ0v) is 12.5. The average molecular weight is 295 g/mol. The molecular weight excluding hydrogens is 276 g/mol. The molecule has 0 saturated carbocycles. The van der Waals surface area contributed by atoms with Crippen molar-refractivity contribution in [2.45, 2.75) is 33.1 Å². The second-order valence-electron chi connectivity index (χ2n) is 5.54. The highest BCUT2D eigenvalue weighted by atomic mass is 35.5. The summed E-state index contributed by atoms with van der Waals surface area (Å²) < 4.78 is 0. The Hall–Kier alpha value is -1.73. The largest absolute Gasteiger partial charge is 0.481 e. The third kappa shape index (κ3) is 5.50. The van der Waals surface area contributed by atoms with Crippen molar-refractivity contribution in [1.82, 2.24) is 0 Å². The van der Waals surface area contributed by atoms with E-state index in [1.807, 2.05) is 13.8 Å². The number of carboxylic acid groups (broad SMARTS) is 1.